The summed E-state index contributed by atoms with van der Waals surface area (Å²) >= 11 is 0. The predicted molar refractivity (Wildman–Crippen MR) is 86.8 cm³/mol. The van der Waals surface area contributed by atoms with Crippen LogP contribution in [0.15, 0.2) is 18.2 Å². The molecule has 2 aliphatic rings. The van der Waals surface area contributed by atoms with Crippen LogP contribution in [0.4, 0.5) is 0 Å². The molecule has 0 spiro atoms. The first-order valence-corrected chi connectivity index (χ1v) is 8.28. The molecule has 1 aromatic rings. The van der Waals surface area contributed by atoms with Crippen molar-refractivity contribution in [1.29, 1.82) is 0 Å². The molecule has 0 bridgehead atoms. The first-order valence-electron chi connectivity index (χ1n) is 8.28. The van der Waals surface area contributed by atoms with E-state index in [0.29, 0.717) is 12.5 Å². The monoisotopic (exact) mass is 302 g/mol. The molecule has 4 nitrogen and oxygen atoms in total. The third-order valence-corrected chi connectivity index (χ3v) is 5.42. The van der Waals surface area contributed by atoms with Gasteiger partial charge >= 0.3 is 0 Å². The second-order valence-corrected chi connectivity index (χ2v) is 6.72. The first-order chi connectivity index (χ1) is 10.7. The Morgan fingerprint density at radius 3 is 3.14 bits per heavy atom. The summed E-state index contributed by atoms with van der Waals surface area (Å²) in [5, 5.41) is 6.60. The second-order valence-electron chi connectivity index (χ2n) is 6.72. The molecule has 1 amide bonds. The van der Waals surface area contributed by atoms with Crippen molar-refractivity contribution in [1.82, 2.24) is 10.6 Å². The maximum Gasteiger partial charge on any atom is 0.228 e. The van der Waals surface area contributed by atoms with Gasteiger partial charge in [0.05, 0.1) is 12.5 Å². The Labute approximate surface area is 132 Å². The average molecular weight is 302 g/mol. The molecule has 1 heterocycles. The van der Waals surface area contributed by atoms with E-state index in [1.807, 2.05) is 19.1 Å². The number of ether oxygens (including phenoxy) is 1. The zero-order valence-corrected chi connectivity index (χ0v) is 13.6. The van der Waals surface area contributed by atoms with Crippen molar-refractivity contribution in [2.45, 2.75) is 39.2 Å². The number of carbonyl (C=O) groups excluding carboxylic acids is 1. The van der Waals surface area contributed by atoms with E-state index in [1.165, 1.54) is 19.3 Å². The largest absolute Gasteiger partial charge is 0.496 e. The van der Waals surface area contributed by atoms with E-state index in [-0.39, 0.29) is 11.3 Å². The average Bonchev–Trinajstić information content (AvgIpc) is 2.99. The standard InChI is InChI=1S/C18H26N2O2/c1-13-6-7-14(9-16(13)22-2)10-20-17(21)18-8-4-3-5-15(18)11-19-12-18/h6-7,9,15,19H,3-5,8,10-12H2,1-2H3,(H,20,21)/t15-,18+/m0/s1. The molecular formula is C18H26N2O2. The Morgan fingerprint density at radius 1 is 1.45 bits per heavy atom. The lowest BCUT2D eigenvalue weighted by atomic mass is 9.67. The molecular weight excluding hydrogens is 276 g/mol. The minimum Gasteiger partial charge on any atom is -0.496 e. The van der Waals surface area contributed by atoms with Crippen LogP contribution >= 0.6 is 0 Å². The van der Waals surface area contributed by atoms with Gasteiger partial charge in [0.2, 0.25) is 5.91 Å². The van der Waals surface area contributed by atoms with Crippen molar-refractivity contribution in [2.75, 3.05) is 20.2 Å². The summed E-state index contributed by atoms with van der Waals surface area (Å²) in [7, 11) is 1.68. The van der Waals surface area contributed by atoms with Gasteiger partial charge in [0, 0.05) is 13.1 Å². The summed E-state index contributed by atoms with van der Waals surface area (Å²) in [6, 6.07) is 6.11. The highest BCUT2D eigenvalue weighted by Gasteiger charge is 2.49. The Balaban J connectivity index is 1.67. The van der Waals surface area contributed by atoms with Crippen molar-refractivity contribution >= 4 is 5.91 Å². The van der Waals surface area contributed by atoms with Crippen molar-refractivity contribution in [3.05, 3.63) is 29.3 Å². The molecule has 0 radical (unpaired) electrons. The van der Waals surface area contributed by atoms with Gasteiger partial charge in [-0.1, -0.05) is 25.0 Å². The molecule has 1 saturated heterocycles. The van der Waals surface area contributed by atoms with Gasteiger partial charge in [0.25, 0.3) is 0 Å². The topological polar surface area (TPSA) is 50.4 Å². The number of rotatable bonds is 4. The zero-order valence-electron chi connectivity index (χ0n) is 13.6. The molecule has 1 saturated carbocycles. The van der Waals surface area contributed by atoms with Crippen molar-refractivity contribution in [2.24, 2.45) is 11.3 Å². The molecule has 2 atom stereocenters. The number of fused-ring (bicyclic) bond motifs is 1. The van der Waals surface area contributed by atoms with Crippen LogP contribution in [-0.4, -0.2) is 26.1 Å². The van der Waals surface area contributed by atoms with Gasteiger partial charge in [-0.3, -0.25) is 4.79 Å². The number of benzene rings is 1. The van der Waals surface area contributed by atoms with E-state index < -0.39 is 0 Å². The highest BCUT2D eigenvalue weighted by atomic mass is 16.5. The fourth-order valence-electron chi connectivity index (χ4n) is 4.02. The summed E-state index contributed by atoms with van der Waals surface area (Å²) in [5.74, 6) is 1.61. The van der Waals surface area contributed by atoms with Gasteiger partial charge in [-0.25, -0.2) is 0 Å². The molecule has 1 aliphatic heterocycles. The number of hydrogen-bond acceptors (Lipinski definition) is 3. The second kappa shape index (κ2) is 6.29. The predicted octanol–water partition coefficient (Wildman–Crippen LogP) is 2.40. The molecule has 3 rings (SSSR count). The molecule has 2 N–H and O–H groups in total. The molecule has 0 aromatic heterocycles. The highest BCUT2D eigenvalue weighted by molar-refractivity contribution is 5.83. The molecule has 22 heavy (non-hydrogen) atoms. The van der Waals surface area contributed by atoms with E-state index in [2.05, 4.69) is 16.7 Å². The van der Waals surface area contributed by atoms with Crippen LogP contribution in [-0.2, 0) is 11.3 Å². The first kappa shape index (κ1) is 15.3. The summed E-state index contributed by atoms with van der Waals surface area (Å²) in [4.78, 5) is 12.8. The Hall–Kier alpha value is -1.55. The van der Waals surface area contributed by atoms with Gasteiger partial charge in [-0.05, 0) is 49.4 Å². The molecule has 1 aromatic carbocycles. The fraction of sp³-hybridized carbons (Fsp3) is 0.611. The number of hydrogen-bond donors (Lipinski definition) is 2. The van der Waals surface area contributed by atoms with Gasteiger partial charge < -0.3 is 15.4 Å². The van der Waals surface area contributed by atoms with Crippen LogP contribution in [0.2, 0.25) is 0 Å². The number of carbonyl (C=O) groups is 1. The van der Waals surface area contributed by atoms with E-state index in [1.54, 1.807) is 7.11 Å². The van der Waals surface area contributed by atoms with Crippen molar-refractivity contribution in [3.8, 4) is 5.75 Å². The number of amides is 1. The van der Waals surface area contributed by atoms with Crippen LogP contribution in [0.25, 0.3) is 0 Å². The Morgan fingerprint density at radius 2 is 2.32 bits per heavy atom. The van der Waals surface area contributed by atoms with Gasteiger partial charge in [0.1, 0.15) is 5.75 Å². The summed E-state index contributed by atoms with van der Waals surface area (Å²) in [6.45, 7) is 4.42. The summed E-state index contributed by atoms with van der Waals surface area (Å²) in [6.07, 6.45) is 4.63. The minimum atomic E-state index is -0.174. The molecule has 120 valence electrons. The normalized spacial score (nSPS) is 27.3. The third-order valence-electron chi connectivity index (χ3n) is 5.42. The minimum absolute atomic E-state index is 0.174. The highest BCUT2D eigenvalue weighted by Crippen LogP contribution is 2.43. The van der Waals surface area contributed by atoms with E-state index >= 15 is 0 Å². The number of aryl methyl sites for hydroxylation is 1. The summed E-state index contributed by atoms with van der Waals surface area (Å²) < 4.78 is 5.35. The lowest BCUT2D eigenvalue weighted by Crippen LogP contribution is -2.47. The summed E-state index contributed by atoms with van der Waals surface area (Å²) in [5.41, 5.74) is 2.03. The van der Waals surface area contributed by atoms with Crippen LogP contribution in [0.5, 0.6) is 5.75 Å². The lowest BCUT2D eigenvalue weighted by Gasteiger charge is -2.37. The molecule has 1 aliphatic carbocycles. The maximum atomic E-state index is 12.8. The molecule has 0 unspecified atom stereocenters. The van der Waals surface area contributed by atoms with E-state index in [4.69, 9.17) is 4.74 Å². The Kier molecular flexibility index (Phi) is 4.39. The van der Waals surface area contributed by atoms with Gasteiger partial charge in [-0.2, -0.15) is 0 Å². The third kappa shape index (κ3) is 2.72. The van der Waals surface area contributed by atoms with Crippen LogP contribution in [0.3, 0.4) is 0 Å². The van der Waals surface area contributed by atoms with Crippen LogP contribution in [0.1, 0.15) is 36.8 Å². The number of methoxy groups -OCH3 is 1. The smallest absolute Gasteiger partial charge is 0.228 e. The van der Waals surface area contributed by atoms with E-state index in [9.17, 15) is 4.79 Å². The van der Waals surface area contributed by atoms with Gasteiger partial charge in [0.15, 0.2) is 0 Å². The number of nitrogens with one attached hydrogen (secondary N) is 2. The molecule has 2 fully saturated rings. The van der Waals surface area contributed by atoms with Crippen molar-refractivity contribution < 1.29 is 9.53 Å². The Bertz CT molecular complexity index is 558. The SMILES string of the molecule is COc1cc(CNC(=O)[C@@]23CCCC[C@H]2CNC3)ccc1C. The lowest BCUT2D eigenvalue weighted by molar-refractivity contribution is -0.134. The quantitative estimate of drug-likeness (QED) is 0.898. The zero-order chi connectivity index (χ0) is 15.6. The van der Waals surface area contributed by atoms with Crippen LogP contribution in [0, 0.1) is 18.3 Å². The van der Waals surface area contributed by atoms with Crippen molar-refractivity contribution in [3.63, 3.8) is 0 Å². The van der Waals surface area contributed by atoms with E-state index in [0.717, 1.165) is 36.4 Å². The molecule has 4 heteroatoms. The maximum absolute atomic E-state index is 12.8. The van der Waals surface area contributed by atoms with Crippen LogP contribution < -0.4 is 15.4 Å². The fourth-order valence-corrected chi connectivity index (χ4v) is 4.02. The van der Waals surface area contributed by atoms with Gasteiger partial charge in [-0.15, -0.1) is 0 Å².